The summed E-state index contributed by atoms with van der Waals surface area (Å²) in [5.41, 5.74) is 1.31. The van der Waals surface area contributed by atoms with E-state index in [2.05, 4.69) is 4.98 Å². The van der Waals surface area contributed by atoms with Crippen LogP contribution in [0.3, 0.4) is 0 Å². The summed E-state index contributed by atoms with van der Waals surface area (Å²) in [6.07, 6.45) is 0. The molecule has 3 aromatic rings. The molecule has 0 aliphatic rings. The Kier molecular flexibility index (Phi) is 4.40. The lowest BCUT2D eigenvalue weighted by molar-refractivity contribution is 0.340. The number of benzene rings is 2. The molecule has 0 aliphatic carbocycles. The number of hydrogen-bond donors (Lipinski definition) is 0. The molecule has 1 aromatic heterocycles. The Balaban J connectivity index is 1.96. The third-order valence-corrected chi connectivity index (χ3v) is 4.69. The fourth-order valence-corrected chi connectivity index (χ4v) is 3.26. The van der Waals surface area contributed by atoms with Gasteiger partial charge in [0.2, 0.25) is 0 Å². The smallest absolute Gasteiger partial charge is 0.339 e. The van der Waals surface area contributed by atoms with Gasteiger partial charge in [0, 0.05) is 11.1 Å². The minimum absolute atomic E-state index is 0.0654. The molecule has 2 aromatic carbocycles. The van der Waals surface area contributed by atoms with Crippen LogP contribution < -0.4 is 8.92 Å². The predicted octanol–water partition coefficient (Wildman–Crippen LogP) is 3.71. The number of pyridine rings is 1. The molecule has 6 heteroatoms. The van der Waals surface area contributed by atoms with E-state index in [1.165, 1.54) is 12.1 Å². The van der Waals surface area contributed by atoms with Crippen molar-refractivity contribution < 1.29 is 17.3 Å². The first-order valence-corrected chi connectivity index (χ1v) is 8.94. The molecule has 0 aliphatic heterocycles. The summed E-state index contributed by atoms with van der Waals surface area (Å²) >= 11 is 0. The molecule has 0 saturated heterocycles. The van der Waals surface area contributed by atoms with Crippen molar-refractivity contribution >= 4 is 21.0 Å². The van der Waals surface area contributed by atoms with Gasteiger partial charge in [-0.15, -0.1) is 0 Å². The molecule has 24 heavy (non-hydrogen) atoms. The van der Waals surface area contributed by atoms with E-state index in [-0.39, 0.29) is 10.6 Å². The quantitative estimate of drug-likeness (QED) is 0.661. The van der Waals surface area contributed by atoms with E-state index in [9.17, 15) is 8.42 Å². The predicted molar refractivity (Wildman–Crippen MR) is 91.9 cm³/mol. The topological polar surface area (TPSA) is 65.5 Å². The van der Waals surface area contributed by atoms with Gasteiger partial charge in [-0.25, -0.2) is 4.98 Å². The summed E-state index contributed by atoms with van der Waals surface area (Å²) in [7, 11) is -3.94. The van der Waals surface area contributed by atoms with Gasteiger partial charge < -0.3 is 8.92 Å². The zero-order chi connectivity index (χ0) is 17.2. The Morgan fingerprint density at radius 1 is 1.00 bits per heavy atom. The normalized spacial score (nSPS) is 11.4. The van der Waals surface area contributed by atoms with Gasteiger partial charge >= 0.3 is 10.1 Å². The third kappa shape index (κ3) is 3.33. The maximum atomic E-state index is 12.5. The van der Waals surface area contributed by atoms with Crippen molar-refractivity contribution in [3.8, 4) is 11.5 Å². The molecule has 3 rings (SSSR count). The van der Waals surface area contributed by atoms with Gasteiger partial charge in [-0.1, -0.05) is 18.2 Å². The second kappa shape index (κ2) is 6.49. The number of aryl methyl sites for hydroxylation is 1. The first-order chi connectivity index (χ1) is 11.5. The number of nitrogens with zero attached hydrogens (tertiary/aromatic N) is 1. The lowest BCUT2D eigenvalue weighted by Crippen LogP contribution is -2.10. The fourth-order valence-electron chi connectivity index (χ4n) is 2.32. The SMILES string of the molecule is CCOc1ccc(S(=O)(=O)Oc2cccc3ccc(C)nc23)cc1. The molecule has 5 nitrogen and oxygen atoms in total. The number of ether oxygens (including phenoxy) is 1. The van der Waals surface area contributed by atoms with Gasteiger partial charge in [-0.05, 0) is 50.2 Å². The highest BCUT2D eigenvalue weighted by Gasteiger charge is 2.18. The number of aromatic nitrogens is 1. The van der Waals surface area contributed by atoms with Crippen LogP contribution in [0.4, 0.5) is 0 Å². The van der Waals surface area contributed by atoms with E-state index in [0.717, 1.165) is 11.1 Å². The number of hydrogen-bond acceptors (Lipinski definition) is 5. The van der Waals surface area contributed by atoms with Gasteiger partial charge in [-0.2, -0.15) is 8.42 Å². The molecule has 1 heterocycles. The molecule has 0 amide bonds. The van der Waals surface area contributed by atoms with E-state index in [1.807, 2.05) is 32.0 Å². The van der Waals surface area contributed by atoms with Crippen LogP contribution in [-0.2, 0) is 10.1 Å². The summed E-state index contributed by atoms with van der Waals surface area (Å²) in [4.78, 5) is 4.45. The highest BCUT2D eigenvalue weighted by Crippen LogP contribution is 2.27. The average molecular weight is 343 g/mol. The molecular weight excluding hydrogens is 326 g/mol. The largest absolute Gasteiger partial charge is 0.494 e. The van der Waals surface area contributed by atoms with E-state index in [0.29, 0.717) is 17.9 Å². The van der Waals surface area contributed by atoms with Crippen LogP contribution in [0.2, 0.25) is 0 Å². The van der Waals surface area contributed by atoms with Crippen molar-refractivity contribution in [2.75, 3.05) is 6.61 Å². The van der Waals surface area contributed by atoms with Gasteiger partial charge in [0.15, 0.2) is 5.75 Å². The van der Waals surface area contributed by atoms with Crippen molar-refractivity contribution in [3.63, 3.8) is 0 Å². The van der Waals surface area contributed by atoms with Crippen LogP contribution in [-0.4, -0.2) is 20.0 Å². The molecule has 0 N–H and O–H groups in total. The summed E-state index contributed by atoms with van der Waals surface area (Å²) in [6.45, 7) is 4.23. The summed E-state index contributed by atoms with van der Waals surface area (Å²) in [6, 6.07) is 15.1. The number of rotatable bonds is 5. The van der Waals surface area contributed by atoms with E-state index in [4.69, 9.17) is 8.92 Å². The molecule has 124 valence electrons. The van der Waals surface area contributed by atoms with Crippen molar-refractivity contribution in [1.29, 1.82) is 0 Å². The van der Waals surface area contributed by atoms with E-state index >= 15 is 0 Å². The number of para-hydroxylation sites is 1. The van der Waals surface area contributed by atoms with Crippen LogP contribution in [0.1, 0.15) is 12.6 Å². The Bertz CT molecular complexity index is 966. The first kappa shape index (κ1) is 16.3. The summed E-state index contributed by atoms with van der Waals surface area (Å²) < 4.78 is 35.7. The molecule has 0 spiro atoms. The average Bonchev–Trinajstić information content (AvgIpc) is 2.56. The lowest BCUT2D eigenvalue weighted by atomic mass is 10.2. The Labute approximate surface area is 141 Å². The molecule has 0 unspecified atom stereocenters. The number of fused-ring (bicyclic) bond motifs is 1. The second-order valence-electron chi connectivity index (χ2n) is 5.22. The maximum Gasteiger partial charge on any atom is 0.339 e. The van der Waals surface area contributed by atoms with Gasteiger partial charge in [0.05, 0.1) is 6.61 Å². The van der Waals surface area contributed by atoms with Gasteiger partial charge in [0.25, 0.3) is 0 Å². The van der Waals surface area contributed by atoms with Crippen LogP contribution >= 0.6 is 0 Å². The monoisotopic (exact) mass is 343 g/mol. The van der Waals surface area contributed by atoms with Crippen molar-refractivity contribution in [3.05, 3.63) is 60.3 Å². The highest BCUT2D eigenvalue weighted by atomic mass is 32.2. The van der Waals surface area contributed by atoms with Crippen LogP contribution in [0.5, 0.6) is 11.5 Å². The zero-order valence-corrected chi connectivity index (χ0v) is 14.2. The molecule has 0 saturated carbocycles. The molecule has 0 atom stereocenters. The molecular formula is C18H17NO4S. The minimum atomic E-state index is -3.94. The Hall–Kier alpha value is -2.60. The van der Waals surface area contributed by atoms with Crippen molar-refractivity contribution in [1.82, 2.24) is 4.98 Å². The minimum Gasteiger partial charge on any atom is -0.494 e. The van der Waals surface area contributed by atoms with Gasteiger partial charge in [0.1, 0.15) is 16.2 Å². The molecule has 0 fully saturated rings. The third-order valence-electron chi connectivity index (χ3n) is 3.45. The lowest BCUT2D eigenvalue weighted by Gasteiger charge is -2.10. The summed E-state index contributed by atoms with van der Waals surface area (Å²) in [5, 5.41) is 0.819. The Morgan fingerprint density at radius 3 is 2.46 bits per heavy atom. The van der Waals surface area contributed by atoms with Crippen LogP contribution in [0.15, 0.2) is 59.5 Å². The highest BCUT2D eigenvalue weighted by molar-refractivity contribution is 7.87. The zero-order valence-electron chi connectivity index (χ0n) is 13.4. The maximum absolute atomic E-state index is 12.5. The summed E-state index contributed by atoms with van der Waals surface area (Å²) in [5.74, 6) is 0.823. The Morgan fingerprint density at radius 2 is 1.75 bits per heavy atom. The molecule has 0 radical (unpaired) electrons. The second-order valence-corrected chi connectivity index (χ2v) is 6.77. The van der Waals surface area contributed by atoms with Gasteiger partial charge in [-0.3, -0.25) is 0 Å². The van der Waals surface area contributed by atoms with Crippen LogP contribution in [0.25, 0.3) is 10.9 Å². The molecule has 0 bridgehead atoms. The fraction of sp³-hybridized carbons (Fsp3) is 0.167. The van der Waals surface area contributed by atoms with Crippen molar-refractivity contribution in [2.24, 2.45) is 0 Å². The van der Waals surface area contributed by atoms with E-state index < -0.39 is 10.1 Å². The van der Waals surface area contributed by atoms with Crippen LogP contribution in [0, 0.1) is 6.92 Å². The standard InChI is InChI=1S/C18H17NO4S/c1-3-22-15-9-11-16(12-10-15)24(20,21)23-17-6-4-5-14-8-7-13(2)19-18(14)17/h4-12H,3H2,1-2H3. The first-order valence-electron chi connectivity index (χ1n) is 7.53. The van der Waals surface area contributed by atoms with E-state index in [1.54, 1.807) is 24.3 Å². The van der Waals surface area contributed by atoms with Crippen molar-refractivity contribution in [2.45, 2.75) is 18.7 Å².